The number of rotatable bonds is 8. The van der Waals surface area contributed by atoms with Crippen LogP contribution in [0.25, 0.3) is 24.3 Å². The minimum Gasteiger partial charge on any atom is -0.468 e. The predicted molar refractivity (Wildman–Crippen MR) is 183 cm³/mol. The lowest BCUT2D eigenvalue weighted by Crippen LogP contribution is -2.38. The number of hydrogen-bond donors (Lipinski definition) is 0. The first-order valence-electron chi connectivity index (χ1n) is 15.5. The molecule has 48 heavy (non-hydrogen) atoms. The quantitative estimate of drug-likeness (QED) is 0.148. The third kappa shape index (κ3) is 6.79. The van der Waals surface area contributed by atoms with E-state index < -0.39 is 34.7 Å². The molecule has 2 aliphatic rings. The van der Waals surface area contributed by atoms with Gasteiger partial charge in [0.2, 0.25) is 0 Å². The molecule has 0 N–H and O–H groups in total. The van der Waals surface area contributed by atoms with Gasteiger partial charge in [-0.3, -0.25) is 19.2 Å². The Labute approximate surface area is 280 Å². The van der Waals surface area contributed by atoms with Crippen molar-refractivity contribution in [3.05, 3.63) is 129 Å². The van der Waals surface area contributed by atoms with Crippen molar-refractivity contribution in [2.24, 2.45) is 10.8 Å². The zero-order valence-corrected chi connectivity index (χ0v) is 27.5. The summed E-state index contributed by atoms with van der Waals surface area (Å²) in [4.78, 5) is 52.0. The van der Waals surface area contributed by atoms with Crippen molar-refractivity contribution >= 4 is 48.2 Å². The number of allylic oxidation sites excluding steroid dienone is 4. The molecule has 0 atom stereocenters. The first kappa shape index (κ1) is 33.9. The molecule has 2 fully saturated rings. The van der Waals surface area contributed by atoms with E-state index in [0.717, 1.165) is 44.5 Å². The number of carbonyl (C=O) groups is 4. The summed E-state index contributed by atoms with van der Waals surface area (Å²) < 4.78 is 20.3. The van der Waals surface area contributed by atoms with Gasteiger partial charge in [-0.2, -0.15) is 0 Å². The average Bonchev–Trinajstić information content (AvgIpc) is 3.67. The number of hydrogen-bond acceptors (Lipinski definition) is 8. The summed E-state index contributed by atoms with van der Waals surface area (Å²) in [5.41, 5.74) is 3.98. The molecule has 0 aliphatic heterocycles. The molecule has 0 radical (unpaired) electrons. The molecular formula is C40H38O8. The summed E-state index contributed by atoms with van der Waals surface area (Å²) in [7, 11) is 5.09. The van der Waals surface area contributed by atoms with Crippen LogP contribution < -0.4 is 0 Å². The van der Waals surface area contributed by atoms with Crippen LogP contribution in [0.3, 0.4) is 0 Å². The highest BCUT2D eigenvalue weighted by molar-refractivity contribution is 6.03. The lowest BCUT2D eigenvalue weighted by Gasteiger charge is -2.21. The van der Waals surface area contributed by atoms with Gasteiger partial charge in [-0.25, -0.2) is 0 Å². The minimum absolute atomic E-state index is 0.133. The Bertz CT molecular complexity index is 1650. The van der Waals surface area contributed by atoms with Crippen molar-refractivity contribution in [3.63, 3.8) is 0 Å². The number of carbonyl (C=O) groups excluding carboxylic acids is 4. The third-order valence-corrected chi connectivity index (χ3v) is 9.00. The molecular weight excluding hydrogens is 608 g/mol. The lowest BCUT2D eigenvalue weighted by molar-refractivity contribution is -0.169. The maximum absolute atomic E-state index is 13.0. The topological polar surface area (TPSA) is 105 Å². The Morgan fingerprint density at radius 3 is 0.875 bits per heavy atom. The predicted octanol–water partition coefficient (Wildman–Crippen LogP) is 6.87. The maximum Gasteiger partial charge on any atom is 0.323 e. The van der Waals surface area contributed by atoms with Gasteiger partial charge in [0.1, 0.15) is 0 Å². The Balaban J connectivity index is 1.52. The fourth-order valence-electron chi connectivity index (χ4n) is 6.57. The number of ether oxygens (including phenoxy) is 4. The highest BCUT2D eigenvalue weighted by atomic mass is 16.6. The summed E-state index contributed by atoms with van der Waals surface area (Å²) in [6.45, 7) is 0. The molecule has 0 heterocycles. The minimum atomic E-state index is -1.48. The fraction of sp³-hybridized carbons (Fsp3) is 0.250. The van der Waals surface area contributed by atoms with Crippen molar-refractivity contribution in [2.45, 2.75) is 25.7 Å². The van der Waals surface area contributed by atoms with Crippen LogP contribution in [0, 0.1) is 10.8 Å². The van der Waals surface area contributed by atoms with E-state index in [4.69, 9.17) is 18.9 Å². The highest BCUT2D eigenvalue weighted by Crippen LogP contribution is 2.49. The van der Waals surface area contributed by atoms with Gasteiger partial charge in [-0.05, 0) is 70.2 Å². The first-order valence-corrected chi connectivity index (χ1v) is 15.5. The molecule has 0 saturated heterocycles. The standard InChI is InChI=1S/C40H38O8/c1-45-35(41)39(36(42)46-2)23-31(19-27-11-7-5-8-12-27)33(25-39)21-29-15-17-30(18-16-29)22-34-26-40(37(43)47-3,38(44)48-4)24-32(34)20-28-13-9-6-10-14-28/h5-22H,23-26H2,1-4H3/b31-19-,32-20+,33-21+,34-22+. The highest BCUT2D eigenvalue weighted by Gasteiger charge is 2.55. The summed E-state index contributed by atoms with van der Waals surface area (Å²) in [5, 5.41) is 0. The Morgan fingerprint density at radius 2 is 0.646 bits per heavy atom. The van der Waals surface area contributed by atoms with Gasteiger partial charge >= 0.3 is 23.9 Å². The zero-order valence-electron chi connectivity index (χ0n) is 27.5. The molecule has 0 spiro atoms. The molecule has 0 amide bonds. The normalized spacial score (nSPS) is 19.8. The van der Waals surface area contributed by atoms with Gasteiger partial charge in [0.15, 0.2) is 10.8 Å². The summed E-state index contributed by atoms with van der Waals surface area (Å²) in [5.74, 6) is -2.54. The molecule has 3 aromatic carbocycles. The van der Waals surface area contributed by atoms with Crippen molar-refractivity contribution < 1.29 is 38.1 Å². The molecule has 3 aromatic rings. The number of benzene rings is 3. The fourth-order valence-corrected chi connectivity index (χ4v) is 6.57. The van der Waals surface area contributed by atoms with Crippen LogP contribution in [-0.4, -0.2) is 52.3 Å². The Hall–Kier alpha value is -5.50. The molecule has 8 heteroatoms. The largest absolute Gasteiger partial charge is 0.468 e. The molecule has 0 aromatic heterocycles. The summed E-state index contributed by atoms with van der Waals surface area (Å²) in [6.07, 6.45) is 8.46. The Morgan fingerprint density at radius 1 is 0.417 bits per heavy atom. The third-order valence-electron chi connectivity index (χ3n) is 9.00. The van der Waals surface area contributed by atoms with Gasteiger partial charge in [0.05, 0.1) is 28.4 Å². The lowest BCUT2D eigenvalue weighted by atomic mass is 9.85. The summed E-state index contributed by atoms with van der Waals surface area (Å²) in [6, 6.07) is 27.2. The second-order valence-corrected chi connectivity index (χ2v) is 12.0. The molecule has 5 rings (SSSR count). The van der Waals surface area contributed by atoms with Crippen molar-refractivity contribution in [3.8, 4) is 0 Å². The van der Waals surface area contributed by atoms with Crippen LogP contribution >= 0.6 is 0 Å². The van der Waals surface area contributed by atoms with Gasteiger partial charge in [0, 0.05) is 0 Å². The van der Waals surface area contributed by atoms with E-state index in [1.807, 2.05) is 109 Å². The SMILES string of the molecule is COC(=O)C1(C(=O)OC)CC(=C/c2ccccc2)/C(=C/c2ccc(/C=C3\CC(C(=O)OC)(C(=O)OC)C\C3=C/c3ccccc3)cc2)C1. The monoisotopic (exact) mass is 646 g/mol. The molecule has 8 nitrogen and oxygen atoms in total. The van der Waals surface area contributed by atoms with Gasteiger partial charge in [0.25, 0.3) is 0 Å². The Kier molecular flexibility index (Phi) is 10.2. The first-order chi connectivity index (χ1) is 23.2. The number of methoxy groups -OCH3 is 4. The van der Waals surface area contributed by atoms with Crippen LogP contribution in [0.4, 0.5) is 0 Å². The second-order valence-electron chi connectivity index (χ2n) is 12.0. The van der Waals surface area contributed by atoms with Gasteiger partial charge in [-0.1, -0.05) is 109 Å². The second kappa shape index (κ2) is 14.5. The van der Waals surface area contributed by atoms with E-state index in [9.17, 15) is 19.2 Å². The average molecular weight is 647 g/mol. The van der Waals surface area contributed by atoms with E-state index in [1.165, 1.54) is 28.4 Å². The van der Waals surface area contributed by atoms with Crippen molar-refractivity contribution in [1.29, 1.82) is 0 Å². The molecule has 2 aliphatic carbocycles. The van der Waals surface area contributed by atoms with E-state index in [1.54, 1.807) is 0 Å². The van der Waals surface area contributed by atoms with E-state index in [2.05, 4.69) is 0 Å². The van der Waals surface area contributed by atoms with Gasteiger partial charge < -0.3 is 18.9 Å². The van der Waals surface area contributed by atoms with Gasteiger partial charge in [-0.15, -0.1) is 0 Å². The van der Waals surface area contributed by atoms with Crippen LogP contribution in [0.5, 0.6) is 0 Å². The van der Waals surface area contributed by atoms with Crippen LogP contribution in [0.1, 0.15) is 47.9 Å². The van der Waals surface area contributed by atoms with Crippen LogP contribution in [0.15, 0.2) is 107 Å². The maximum atomic E-state index is 13.0. The molecule has 246 valence electrons. The van der Waals surface area contributed by atoms with Crippen LogP contribution in [-0.2, 0) is 38.1 Å². The van der Waals surface area contributed by atoms with E-state index in [-0.39, 0.29) is 25.7 Å². The summed E-state index contributed by atoms with van der Waals surface area (Å²) >= 11 is 0. The smallest absolute Gasteiger partial charge is 0.323 e. The zero-order chi connectivity index (χ0) is 34.3. The molecule has 0 bridgehead atoms. The molecule has 2 saturated carbocycles. The van der Waals surface area contributed by atoms with Crippen molar-refractivity contribution in [1.82, 2.24) is 0 Å². The van der Waals surface area contributed by atoms with E-state index in [0.29, 0.717) is 0 Å². The molecule has 0 unspecified atom stereocenters. The number of esters is 4. The van der Waals surface area contributed by atoms with E-state index >= 15 is 0 Å². The van der Waals surface area contributed by atoms with Crippen molar-refractivity contribution in [2.75, 3.05) is 28.4 Å². The van der Waals surface area contributed by atoms with Crippen LogP contribution in [0.2, 0.25) is 0 Å².